The highest BCUT2D eigenvalue weighted by atomic mass is 19.1. The van der Waals surface area contributed by atoms with Crippen molar-refractivity contribution in [1.29, 1.82) is 0 Å². The number of benzene rings is 2. The van der Waals surface area contributed by atoms with E-state index in [0.717, 1.165) is 17.5 Å². The van der Waals surface area contributed by atoms with E-state index in [1.54, 1.807) is 0 Å². The van der Waals surface area contributed by atoms with Gasteiger partial charge in [0.25, 0.3) is 0 Å². The number of amides is 1. The Labute approximate surface area is 140 Å². The molecule has 0 saturated carbocycles. The Morgan fingerprint density at radius 2 is 1.71 bits per heavy atom. The molecule has 1 atom stereocenters. The molecule has 0 saturated heterocycles. The van der Waals surface area contributed by atoms with Crippen LogP contribution in [0.15, 0.2) is 48.5 Å². The third kappa shape index (κ3) is 4.65. The van der Waals surface area contributed by atoms with E-state index in [2.05, 4.69) is 5.32 Å². The van der Waals surface area contributed by atoms with E-state index in [4.69, 9.17) is 0 Å². The van der Waals surface area contributed by atoms with Crippen LogP contribution >= 0.6 is 0 Å². The summed E-state index contributed by atoms with van der Waals surface area (Å²) in [4.78, 5) is 23.5. The molecule has 2 rings (SSSR count). The zero-order valence-corrected chi connectivity index (χ0v) is 13.5. The lowest BCUT2D eigenvalue weighted by molar-refractivity contribution is -0.138. The number of halogens is 1. The van der Waals surface area contributed by atoms with Crippen LogP contribution in [-0.4, -0.2) is 23.5 Å². The van der Waals surface area contributed by atoms with Gasteiger partial charge in [-0.15, -0.1) is 0 Å². The quantitative estimate of drug-likeness (QED) is 0.821. The summed E-state index contributed by atoms with van der Waals surface area (Å²) in [5.74, 6) is -2.63. The van der Waals surface area contributed by atoms with Crippen LogP contribution in [0.2, 0.25) is 0 Å². The predicted molar refractivity (Wildman–Crippen MR) is 89.3 cm³/mol. The monoisotopic (exact) mass is 329 g/mol. The molecule has 1 amide bonds. The maximum absolute atomic E-state index is 13.0. The minimum atomic E-state index is -1.06. The van der Waals surface area contributed by atoms with Crippen LogP contribution in [0.25, 0.3) is 0 Å². The fraction of sp³-hybridized carbons (Fsp3) is 0.263. The molecule has 2 aromatic carbocycles. The largest absolute Gasteiger partial charge is 0.481 e. The third-order valence-corrected chi connectivity index (χ3v) is 3.92. The van der Waals surface area contributed by atoms with Gasteiger partial charge in [-0.2, -0.15) is 0 Å². The number of carbonyl (C=O) groups is 2. The summed E-state index contributed by atoms with van der Waals surface area (Å²) in [7, 11) is 0. The highest BCUT2D eigenvalue weighted by Crippen LogP contribution is 2.16. The van der Waals surface area contributed by atoms with Gasteiger partial charge in [-0.1, -0.05) is 43.3 Å². The molecule has 1 unspecified atom stereocenters. The first-order valence-corrected chi connectivity index (χ1v) is 7.83. The van der Waals surface area contributed by atoms with E-state index in [0.29, 0.717) is 5.56 Å². The highest BCUT2D eigenvalue weighted by Gasteiger charge is 2.20. The first kappa shape index (κ1) is 17.7. The molecule has 24 heavy (non-hydrogen) atoms. The second-order valence-corrected chi connectivity index (χ2v) is 5.55. The average Bonchev–Trinajstić information content (AvgIpc) is 2.57. The summed E-state index contributed by atoms with van der Waals surface area (Å²) in [5.41, 5.74) is 2.49. The van der Waals surface area contributed by atoms with Crippen molar-refractivity contribution in [2.45, 2.75) is 25.7 Å². The van der Waals surface area contributed by atoms with Crippen LogP contribution in [0.3, 0.4) is 0 Å². The van der Waals surface area contributed by atoms with E-state index >= 15 is 0 Å². The van der Waals surface area contributed by atoms with Gasteiger partial charge in [-0.25, -0.2) is 4.39 Å². The molecule has 0 heterocycles. The molecule has 0 aliphatic carbocycles. The van der Waals surface area contributed by atoms with Crippen molar-refractivity contribution in [1.82, 2.24) is 5.32 Å². The molecule has 0 aliphatic rings. The maximum Gasteiger partial charge on any atom is 0.312 e. The van der Waals surface area contributed by atoms with E-state index in [9.17, 15) is 19.1 Å². The predicted octanol–water partition coefficient (Wildman–Crippen LogP) is 2.92. The second kappa shape index (κ2) is 8.24. The zero-order valence-electron chi connectivity index (χ0n) is 13.5. The summed E-state index contributed by atoms with van der Waals surface area (Å²) in [6, 6.07) is 12.9. The minimum absolute atomic E-state index is 0.0336. The molecule has 0 bridgehead atoms. The minimum Gasteiger partial charge on any atom is -0.481 e. The van der Waals surface area contributed by atoms with Gasteiger partial charge < -0.3 is 10.4 Å². The third-order valence-electron chi connectivity index (χ3n) is 3.92. The maximum atomic E-state index is 13.0. The van der Waals surface area contributed by atoms with E-state index in [-0.39, 0.29) is 18.9 Å². The fourth-order valence-corrected chi connectivity index (χ4v) is 2.57. The van der Waals surface area contributed by atoms with Gasteiger partial charge in [0.1, 0.15) is 5.82 Å². The summed E-state index contributed by atoms with van der Waals surface area (Å²) >= 11 is 0. The number of hydrogen-bond acceptors (Lipinski definition) is 2. The van der Waals surface area contributed by atoms with Crippen molar-refractivity contribution in [3.63, 3.8) is 0 Å². The number of nitrogens with one attached hydrogen (secondary N) is 1. The summed E-state index contributed by atoms with van der Waals surface area (Å²) in [5, 5.41) is 12.0. The number of hydrogen-bond donors (Lipinski definition) is 2. The van der Waals surface area contributed by atoms with E-state index in [1.165, 1.54) is 24.3 Å². The Morgan fingerprint density at radius 3 is 2.29 bits per heavy atom. The van der Waals surface area contributed by atoms with Gasteiger partial charge in [-0.3, -0.25) is 9.59 Å². The number of aryl methyl sites for hydroxylation is 1. The van der Waals surface area contributed by atoms with Crippen molar-refractivity contribution in [3.05, 3.63) is 71.0 Å². The average molecular weight is 329 g/mol. The normalized spacial score (nSPS) is 11.8. The van der Waals surface area contributed by atoms with Crippen LogP contribution in [0.5, 0.6) is 0 Å². The molecule has 4 nitrogen and oxygen atoms in total. The molecule has 0 radical (unpaired) electrons. The number of carboxylic acids is 1. The van der Waals surface area contributed by atoms with Gasteiger partial charge in [0, 0.05) is 6.54 Å². The van der Waals surface area contributed by atoms with Crippen molar-refractivity contribution < 1.29 is 19.1 Å². The van der Waals surface area contributed by atoms with Crippen LogP contribution in [-0.2, 0) is 22.4 Å². The molecule has 2 aromatic rings. The second-order valence-electron chi connectivity index (χ2n) is 5.55. The molecule has 0 fully saturated rings. The standard InChI is InChI=1S/C19H20FNO3/c1-2-13-5-3-4-6-15(13)11-18(22)21-12-17(19(23)24)14-7-9-16(20)10-8-14/h3-10,17H,2,11-12H2,1H3,(H,21,22)(H,23,24). The van der Waals surface area contributed by atoms with Crippen molar-refractivity contribution in [3.8, 4) is 0 Å². The van der Waals surface area contributed by atoms with E-state index < -0.39 is 17.7 Å². The molecule has 126 valence electrons. The lowest BCUT2D eigenvalue weighted by atomic mass is 9.98. The number of carbonyl (C=O) groups excluding carboxylic acids is 1. The Kier molecular flexibility index (Phi) is 6.07. The van der Waals surface area contributed by atoms with Crippen molar-refractivity contribution in [2.24, 2.45) is 0 Å². The molecule has 0 aromatic heterocycles. The summed E-state index contributed by atoms with van der Waals surface area (Å²) in [6.45, 7) is 1.99. The van der Waals surface area contributed by atoms with Crippen LogP contribution < -0.4 is 5.32 Å². The molecule has 0 spiro atoms. The van der Waals surface area contributed by atoms with Crippen LogP contribution in [0.4, 0.5) is 4.39 Å². The zero-order chi connectivity index (χ0) is 17.5. The fourth-order valence-electron chi connectivity index (χ4n) is 2.57. The number of carboxylic acid groups (broad SMARTS) is 1. The Bertz CT molecular complexity index is 713. The van der Waals surface area contributed by atoms with Crippen molar-refractivity contribution >= 4 is 11.9 Å². The molecule has 2 N–H and O–H groups in total. The first-order chi connectivity index (χ1) is 11.5. The summed E-state index contributed by atoms with van der Waals surface area (Å²) in [6.07, 6.45) is 1.04. The Morgan fingerprint density at radius 1 is 1.08 bits per heavy atom. The first-order valence-electron chi connectivity index (χ1n) is 7.83. The lowest BCUT2D eigenvalue weighted by Gasteiger charge is -2.14. The SMILES string of the molecule is CCc1ccccc1CC(=O)NCC(C(=O)O)c1ccc(F)cc1. The number of rotatable bonds is 7. The topological polar surface area (TPSA) is 66.4 Å². The number of aliphatic carboxylic acids is 1. The van der Waals surface area contributed by atoms with Crippen LogP contribution in [0.1, 0.15) is 29.5 Å². The van der Waals surface area contributed by atoms with Gasteiger partial charge in [0.05, 0.1) is 12.3 Å². The smallest absolute Gasteiger partial charge is 0.312 e. The molecule has 5 heteroatoms. The van der Waals surface area contributed by atoms with E-state index in [1.807, 2.05) is 31.2 Å². The summed E-state index contributed by atoms with van der Waals surface area (Å²) < 4.78 is 13.0. The molecular weight excluding hydrogens is 309 g/mol. The van der Waals surface area contributed by atoms with Gasteiger partial charge in [0.15, 0.2) is 0 Å². The van der Waals surface area contributed by atoms with Crippen LogP contribution in [0, 0.1) is 5.82 Å². The van der Waals surface area contributed by atoms with Gasteiger partial charge in [0.2, 0.25) is 5.91 Å². The highest BCUT2D eigenvalue weighted by molar-refractivity contribution is 5.81. The molecular formula is C19H20FNO3. The Balaban J connectivity index is 2.00. The van der Waals surface area contributed by atoms with Crippen molar-refractivity contribution in [2.75, 3.05) is 6.54 Å². The Hall–Kier alpha value is -2.69. The lowest BCUT2D eigenvalue weighted by Crippen LogP contribution is -2.32. The van der Waals surface area contributed by atoms with Gasteiger partial charge >= 0.3 is 5.97 Å². The molecule has 0 aliphatic heterocycles. The van der Waals surface area contributed by atoms with Gasteiger partial charge in [-0.05, 0) is 35.2 Å².